The van der Waals surface area contributed by atoms with Crippen LogP contribution in [0.4, 0.5) is 5.69 Å². The van der Waals surface area contributed by atoms with E-state index in [4.69, 9.17) is 34.2 Å². The first-order valence-electron chi connectivity index (χ1n) is 11.9. The van der Waals surface area contributed by atoms with Gasteiger partial charge in [-0.15, -0.1) is 0 Å². The Morgan fingerprint density at radius 3 is 2.33 bits per heavy atom. The van der Waals surface area contributed by atoms with Gasteiger partial charge in [-0.1, -0.05) is 12.1 Å². The third-order valence-corrected chi connectivity index (χ3v) is 7.24. The molecule has 1 saturated heterocycles. The third kappa shape index (κ3) is 3.73. The average molecular weight is 490 g/mol. The average Bonchev–Trinajstić information content (AvgIpc) is 3.51. The fourth-order valence-corrected chi connectivity index (χ4v) is 5.50. The molecule has 3 aromatic rings. The van der Waals surface area contributed by atoms with Crippen LogP contribution in [-0.4, -0.2) is 33.6 Å². The van der Waals surface area contributed by atoms with Gasteiger partial charge in [-0.3, -0.25) is 4.79 Å². The SMILES string of the molecule is COc1cc([C@@H]2c3cc4c(cc3C[C@H]3COC(=O)[C@@H]32)OCO4)cc(OC)c1OCc1ccc(N)cc1. The number of methoxy groups -OCH3 is 2. The molecule has 36 heavy (non-hydrogen) atoms. The Labute approximate surface area is 208 Å². The number of hydrogen-bond donors (Lipinski definition) is 1. The highest BCUT2D eigenvalue weighted by Gasteiger charge is 2.48. The molecule has 2 heterocycles. The second-order valence-corrected chi connectivity index (χ2v) is 9.29. The van der Waals surface area contributed by atoms with Crippen molar-refractivity contribution in [2.24, 2.45) is 11.8 Å². The highest BCUT2D eigenvalue weighted by molar-refractivity contribution is 5.78. The minimum atomic E-state index is -0.311. The van der Waals surface area contributed by atoms with Gasteiger partial charge in [0.05, 0.1) is 26.7 Å². The molecule has 1 fully saturated rings. The second kappa shape index (κ2) is 8.86. The van der Waals surface area contributed by atoms with E-state index in [1.807, 2.05) is 48.5 Å². The number of rotatable bonds is 6. The van der Waals surface area contributed by atoms with Gasteiger partial charge < -0.3 is 34.2 Å². The summed E-state index contributed by atoms with van der Waals surface area (Å²) < 4.78 is 34.4. The van der Waals surface area contributed by atoms with Crippen LogP contribution in [0.25, 0.3) is 0 Å². The molecule has 3 atom stereocenters. The van der Waals surface area contributed by atoms with E-state index in [1.165, 1.54) is 0 Å². The van der Waals surface area contributed by atoms with Crippen molar-refractivity contribution in [2.45, 2.75) is 18.9 Å². The molecule has 1 aliphatic carbocycles. The van der Waals surface area contributed by atoms with Crippen LogP contribution >= 0.6 is 0 Å². The monoisotopic (exact) mass is 489 g/mol. The summed E-state index contributed by atoms with van der Waals surface area (Å²) in [7, 11) is 3.18. The lowest BCUT2D eigenvalue weighted by Crippen LogP contribution is -2.31. The third-order valence-electron chi connectivity index (χ3n) is 7.24. The van der Waals surface area contributed by atoms with Gasteiger partial charge in [0.25, 0.3) is 0 Å². The highest BCUT2D eigenvalue weighted by Crippen LogP contribution is 2.52. The summed E-state index contributed by atoms with van der Waals surface area (Å²) in [6.07, 6.45) is 0.746. The Morgan fingerprint density at radius 1 is 0.944 bits per heavy atom. The molecule has 0 bridgehead atoms. The van der Waals surface area contributed by atoms with Crippen molar-refractivity contribution in [3.63, 3.8) is 0 Å². The van der Waals surface area contributed by atoms with Crippen LogP contribution in [0, 0.1) is 11.8 Å². The van der Waals surface area contributed by atoms with Crippen molar-refractivity contribution in [3.8, 4) is 28.7 Å². The molecule has 2 N–H and O–H groups in total. The Bertz CT molecular complexity index is 1300. The number of fused-ring (bicyclic) bond motifs is 3. The normalized spacial score (nSPS) is 21.4. The lowest BCUT2D eigenvalue weighted by Gasteiger charge is -2.34. The van der Waals surface area contributed by atoms with E-state index in [2.05, 4.69) is 0 Å². The van der Waals surface area contributed by atoms with Gasteiger partial charge in [0.2, 0.25) is 12.5 Å². The molecule has 0 saturated carbocycles. The van der Waals surface area contributed by atoms with Crippen LogP contribution in [0.2, 0.25) is 0 Å². The molecule has 3 aromatic carbocycles. The molecule has 0 aromatic heterocycles. The van der Waals surface area contributed by atoms with Crippen LogP contribution < -0.4 is 29.4 Å². The van der Waals surface area contributed by atoms with Gasteiger partial charge in [0.1, 0.15) is 6.61 Å². The summed E-state index contributed by atoms with van der Waals surface area (Å²) in [5.41, 5.74) is 10.5. The van der Waals surface area contributed by atoms with Crippen LogP contribution in [0.5, 0.6) is 28.7 Å². The molecule has 8 nitrogen and oxygen atoms in total. The van der Waals surface area contributed by atoms with E-state index in [-0.39, 0.29) is 30.5 Å². The fraction of sp³-hybridized carbons (Fsp3) is 0.321. The molecule has 2 aliphatic heterocycles. The number of esters is 1. The quantitative estimate of drug-likeness (QED) is 0.409. The fourth-order valence-electron chi connectivity index (χ4n) is 5.50. The second-order valence-electron chi connectivity index (χ2n) is 9.29. The number of cyclic esters (lactones) is 1. The zero-order valence-corrected chi connectivity index (χ0v) is 20.1. The number of anilines is 1. The minimum absolute atomic E-state index is 0.0776. The predicted octanol–water partition coefficient (Wildman–Crippen LogP) is 4.07. The lowest BCUT2D eigenvalue weighted by molar-refractivity contribution is -0.141. The zero-order chi connectivity index (χ0) is 24.8. The van der Waals surface area contributed by atoms with Gasteiger partial charge >= 0.3 is 5.97 Å². The molecule has 6 rings (SSSR count). The predicted molar refractivity (Wildman–Crippen MR) is 131 cm³/mol. The lowest BCUT2D eigenvalue weighted by atomic mass is 9.67. The molecule has 0 spiro atoms. The maximum atomic E-state index is 12.9. The molecule has 0 amide bonds. The van der Waals surface area contributed by atoms with E-state index in [0.29, 0.717) is 41.9 Å². The van der Waals surface area contributed by atoms with Crippen molar-refractivity contribution >= 4 is 11.7 Å². The van der Waals surface area contributed by atoms with Gasteiger partial charge in [-0.25, -0.2) is 0 Å². The van der Waals surface area contributed by atoms with E-state index in [1.54, 1.807) is 14.2 Å². The number of benzene rings is 3. The topological polar surface area (TPSA) is 98.5 Å². The Kier molecular flexibility index (Phi) is 5.51. The van der Waals surface area contributed by atoms with Crippen LogP contribution in [0.15, 0.2) is 48.5 Å². The zero-order valence-electron chi connectivity index (χ0n) is 20.1. The first-order chi connectivity index (χ1) is 17.6. The number of carbonyl (C=O) groups is 1. The molecule has 0 radical (unpaired) electrons. The first-order valence-corrected chi connectivity index (χ1v) is 11.9. The first kappa shape index (κ1) is 22.4. The van der Waals surface area contributed by atoms with Crippen LogP contribution in [0.3, 0.4) is 0 Å². The number of carbonyl (C=O) groups excluding carboxylic acids is 1. The number of ether oxygens (including phenoxy) is 6. The summed E-state index contributed by atoms with van der Waals surface area (Å²) >= 11 is 0. The van der Waals surface area contributed by atoms with E-state index in [0.717, 1.165) is 34.4 Å². The Balaban J connectivity index is 1.42. The molecule has 3 aliphatic rings. The Morgan fingerprint density at radius 2 is 1.64 bits per heavy atom. The summed E-state index contributed by atoms with van der Waals surface area (Å²) in [5, 5.41) is 0. The Hall–Kier alpha value is -4.07. The van der Waals surface area contributed by atoms with Crippen molar-refractivity contribution in [1.29, 1.82) is 0 Å². The standard InChI is InChI=1S/C28H27NO7/c1-31-23-9-17(10-24(32-2)27(23)33-12-15-3-5-19(29)6-4-15)25-20-11-22-21(35-14-36-22)8-16(20)7-18-13-34-28(30)26(18)25/h3-6,8-11,18,25-26H,7,12-14,29H2,1-2H3/t18-,25+,26-/m0/s1. The summed E-state index contributed by atoms with van der Waals surface area (Å²) in [4.78, 5) is 12.9. The maximum Gasteiger partial charge on any atom is 0.310 e. The van der Waals surface area contributed by atoms with Crippen molar-refractivity contribution in [1.82, 2.24) is 0 Å². The van der Waals surface area contributed by atoms with E-state index in [9.17, 15) is 4.79 Å². The van der Waals surface area contributed by atoms with Crippen molar-refractivity contribution in [2.75, 3.05) is 33.4 Å². The molecular weight excluding hydrogens is 462 g/mol. The number of hydrogen-bond acceptors (Lipinski definition) is 8. The van der Waals surface area contributed by atoms with Gasteiger partial charge in [-0.05, 0) is 65.1 Å². The molecule has 0 unspecified atom stereocenters. The van der Waals surface area contributed by atoms with Crippen molar-refractivity contribution < 1.29 is 33.2 Å². The van der Waals surface area contributed by atoms with Crippen LogP contribution in [-0.2, 0) is 22.6 Å². The summed E-state index contributed by atoms with van der Waals surface area (Å²) in [5.74, 6) is 2.29. The van der Waals surface area contributed by atoms with Crippen LogP contribution in [0.1, 0.15) is 28.2 Å². The van der Waals surface area contributed by atoms with E-state index < -0.39 is 0 Å². The maximum absolute atomic E-state index is 12.9. The minimum Gasteiger partial charge on any atom is -0.493 e. The number of nitrogens with two attached hydrogens (primary N) is 1. The smallest absolute Gasteiger partial charge is 0.310 e. The van der Waals surface area contributed by atoms with Gasteiger partial charge in [0.15, 0.2) is 23.0 Å². The largest absolute Gasteiger partial charge is 0.493 e. The summed E-state index contributed by atoms with van der Waals surface area (Å²) in [6.45, 7) is 0.920. The van der Waals surface area contributed by atoms with E-state index >= 15 is 0 Å². The molecule has 8 heteroatoms. The molecular formula is C28H27NO7. The van der Waals surface area contributed by atoms with Crippen molar-refractivity contribution in [3.05, 3.63) is 70.8 Å². The highest BCUT2D eigenvalue weighted by atomic mass is 16.7. The summed E-state index contributed by atoms with van der Waals surface area (Å²) in [6, 6.07) is 15.4. The van der Waals surface area contributed by atoms with Gasteiger partial charge in [0, 0.05) is 17.5 Å². The van der Waals surface area contributed by atoms with Gasteiger partial charge in [-0.2, -0.15) is 0 Å². The number of nitrogen functional groups attached to an aromatic ring is 1. The molecule has 186 valence electrons.